The molecule has 2 unspecified atom stereocenters. The van der Waals surface area contributed by atoms with E-state index in [-0.39, 0.29) is 11.2 Å². The van der Waals surface area contributed by atoms with Gasteiger partial charge in [0.1, 0.15) is 0 Å². The molecule has 0 amide bonds. The van der Waals surface area contributed by atoms with Crippen LogP contribution in [0.4, 0.5) is 0 Å². The summed E-state index contributed by atoms with van der Waals surface area (Å²) in [7, 11) is -3.24. The largest absolute Gasteiger partial charge is 0.213 e. The standard InChI is InChI=1S/C19H20N2O2S2/c1-25(22,23)21-13-17(16-7-3-2-4-8-16)11-19(14-21)24-18-9-5-6-15(10-18)12-20/h2-10,17,19H,11,13-14H2,1H3. The summed E-state index contributed by atoms with van der Waals surface area (Å²) in [6.45, 7) is 1.03. The smallest absolute Gasteiger partial charge is 0.211 e. The summed E-state index contributed by atoms with van der Waals surface area (Å²) in [5, 5.41) is 9.22. The van der Waals surface area contributed by atoms with Gasteiger partial charge in [-0.2, -0.15) is 5.26 Å². The summed E-state index contributed by atoms with van der Waals surface area (Å²) >= 11 is 1.66. The summed E-state index contributed by atoms with van der Waals surface area (Å²) in [5.41, 5.74) is 1.80. The first kappa shape index (κ1) is 18.0. The quantitative estimate of drug-likeness (QED) is 0.824. The van der Waals surface area contributed by atoms with Crippen LogP contribution in [0, 0.1) is 11.3 Å². The molecule has 6 heteroatoms. The number of hydrogen-bond donors (Lipinski definition) is 0. The summed E-state index contributed by atoms with van der Waals surface area (Å²) in [5.74, 6) is 0.182. The van der Waals surface area contributed by atoms with Gasteiger partial charge in [0, 0.05) is 23.2 Å². The third-order valence-electron chi connectivity index (χ3n) is 4.38. The fraction of sp³-hybridized carbons (Fsp3) is 0.316. The molecule has 0 spiro atoms. The molecule has 2 atom stereocenters. The van der Waals surface area contributed by atoms with E-state index in [1.807, 2.05) is 36.4 Å². The molecule has 3 rings (SSSR count). The highest BCUT2D eigenvalue weighted by molar-refractivity contribution is 8.00. The molecule has 0 N–H and O–H groups in total. The minimum absolute atomic E-state index is 0.155. The first-order valence-corrected chi connectivity index (χ1v) is 10.9. The number of nitriles is 1. The fourth-order valence-corrected chi connectivity index (χ4v) is 5.48. The minimum atomic E-state index is -3.24. The highest BCUT2D eigenvalue weighted by Gasteiger charge is 2.33. The fourth-order valence-electron chi connectivity index (χ4n) is 3.17. The van der Waals surface area contributed by atoms with Crippen LogP contribution >= 0.6 is 11.8 Å². The predicted molar refractivity (Wildman–Crippen MR) is 101 cm³/mol. The molecule has 0 radical (unpaired) electrons. The molecule has 130 valence electrons. The zero-order chi connectivity index (χ0) is 17.9. The van der Waals surface area contributed by atoms with E-state index in [4.69, 9.17) is 5.26 Å². The van der Waals surface area contributed by atoms with E-state index < -0.39 is 10.0 Å². The molecule has 0 aromatic heterocycles. The van der Waals surface area contributed by atoms with E-state index in [2.05, 4.69) is 18.2 Å². The van der Waals surface area contributed by atoms with Gasteiger partial charge >= 0.3 is 0 Å². The summed E-state index contributed by atoms with van der Waals surface area (Å²) in [4.78, 5) is 1.01. The van der Waals surface area contributed by atoms with Gasteiger partial charge in [0.15, 0.2) is 0 Å². The number of benzene rings is 2. The van der Waals surface area contributed by atoms with Gasteiger partial charge in [-0.1, -0.05) is 36.4 Å². The summed E-state index contributed by atoms with van der Waals surface area (Å²) < 4.78 is 25.9. The maximum absolute atomic E-state index is 12.1. The van der Waals surface area contributed by atoms with E-state index in [0.29, 0.717) is 18.7 Å². The molecule has 0 saturated carbocycles. The third kappa shape index (κ3) is 4.63. The maximum atomic E-state index is 12.1. The second-order valence-electron chi connectivity index (χ2n) is 6.30. The Kier molecular flexibility index (Phi) is 5.48. The number of piperidine rings is 1. The van der Waals surface area contributed by atoms with Gasteiger partial charge in [-0.3, -0.25) is 0 Å². The molecule has 25 heavy (non-hydrogen) atoms. The zero-order valence-electron chi connectivity index (χ0n) is 14.0. The Morgan fingerprint density at radius 3 is 2.56 bits per heavy atom. The lowest BCUT2D eigenvalue weighted by molar-refractivity contribution is 0.324. The number of thioether (sulfide) groups is 1. The molecule has 1 saturated heterocycles. The Morgan fingerprint density at radius 2 is 1.88 bits per heavy atom. The van der Waals surface area contributed by atoms with Crippen molar-refractivity contribution in [2.24, 2.45) is 0 Å². The van der Waals surface area contributed by atoms with E-state index in [1.165, 1.54) is 11.8 Å². The van der Waals surface area contributed by atoms with Crippen LogP contribution in [-0.4, -0.2) is 37.3 Å². The Balaban J connectivity index is 1.83. The average molecular weight is 373 g/mol. The van der Waals surface area contributed by atoms with Crippen LogP contribution in [-0.2, 0) is 10.0 Å². The lowest BCUT2D eigenvalue weighted by atomic mass is 9.91. The average Bonchev–Trinajstić information content (AvgIpc) is 2.61. The third-order valence-corrected chi connectivity index (χ3v) is 6.82. The van der Waals surface area contributed by atoms with Crippen molar-refractivity contribution in [2.45, 2.75) is 22.5 Å². The molecule has 0 bridgehead atoms. The molecular weight excluding hydrogens is 352 g/mol. The zero-order valence-corrected chi connectivity index (χ0v) is 15.6. The van der Waals surface area contributed by atoms with Gasteiger partial charge < -0.3 is 0 Å². The van der Waals surface area contributed by atoms with Crippen molar-refractivity contribution >= 4 is 21.8 Å². The van der Waals surface area contributed by atoms with Crippen molar-refractivity contribution in [1.82, 2.24) is 4.31 Å². The van der Waals surface area contributed by atoms with Crippen LogP contribution < -0.4 is 0 Å². The van der Waals surface area contributed by atoms with Gasteiger partial charge in [-0.25, -0.2) is 12.7 Å². The first-order chi connectivity index (χ1) is 12.0. The van der Waals surface area contributed by atoms with Crippen molar-refractivity contribution in [1.29, 1.82) is 5.26 Å². The Hall–Kier alpha value is -1.81. The molecule has 1 aliphatic rings. The van der Waals surface area contributed by atoms with Crippen molar-refractivity contribution in [3.63, 3.8) is 0 Å². The van der Waals surface area contributed by atoms with Gasteiger partial charge in [0.25, 0.3) is 0 Å². The highest BCUT2D eigenvalue weighted by atomic mass is 32.2. The normalized spacial score (nSPS) is 21.6. The molecule has 4 nitrogen and oxygen atoms in total. The van der Waals surface area contributed by atoms with Gasteiger partial charge in [-0.15, -0.1) is 11.8 Å². The summed E-state index contributed by atoms with van der Waals surface area (Å²) in [6.07, 6.45) is 2.19. The van der Waals surface area contributed by atoms with Crippen LogP contribution in [0.15, 0.2) is 59.5 Å². The molecule has 0 aliphatic carbocycles. The lowest BCUT2D eigenvalue weighted by Crippen LogP contribution is -2.43. The second kappa shape index (κ2) is 7.61. The molecule has 2 aromatic carbocycles. The van der Waals surface area contributed by atoms with Crippen molar-refractivity contribution < 1.29 is 8.42 Å². The van der Waals surface area contributed by atoms with Crippen LogP contribution in [0.3, 0.4) is 0 Å². The van der Waals surface area contributed by atoms with Crippen LogP contribution in [0.2, 0.25) is 0 Å². The lowest BCUT2D eigenvalue weighted by Gasteiger charge is -2.36. The van der Waals surface area contributed by atoms with Crippen molar-refractivity contribution in [3.05, 3.63) is 65.7 Å². The minimum Gasteiger partial charge on any atom is -0.213 e. The Bertz CT molecular complexity index is 876. The topological polar surface area (TPSA) is 61.2 Å². The van der Waals surface area contributed by atoms with Gasteiger partial charge in [0.05, 0.1) is 17.9 Å². The predicted octanol–water partition coefficient (Wildman–Crippen LogP) is 3.47. The number of rotatable bonds is 4. The van der Waals surface area contributed by atoms with Crippen LogP contribution in [0.5, 0.6) is 0 Å². The SMILES string of the molecule is CS(=O)(=O)N1CC(Sc2cccc(C#N)c2)CC(c2ccccc2)C1. The monoisotopic (exact) mass is 372 g/mol. The van der Waals surface area contributed by atoms with E-state index in [9.17, 15) is 8.42 Å². The molecule has 1 aliphatic heterocycles. The first-order valence-electron chi connectivity index (χ1n) is 8.12. The van der Waals surface area contributed by atoms with Gasteiger partial charge in [-0.05, 0) is 36.1 Å². The molecule has 2 aromatic rings. The van der Waals surface area contributed by atoms with Crippen LogP contribution in [0.1, 0.15) is 23.5 Å². The summed E-state index contributed by atoms with van der Waals surface area (Å²) in [6, 6.07) is 19.7. The number of hydrogen-bond acceptors (Lipinski definition) is 4. The molecule has 1 fully saturated rings. The van der Waals surface area contributed by atoms with Gasteiger partial charge in [0.2, 0.25) is 10.0 Å². The Morgan fingerprint density at radius 1 is 1.12 bits per heavy atom. The maximum Gasteiger partial charge on any atom is 0.211 e. The van der Waals surface area contributed by atoms with E-state index in [0.717, 1.165) is 11.3 Å². The molecule has 1 heterocycles. The van der Waals surface area contributed by atoms with Crippen molar-refractivity contribution in [3.8, 4) is 6.07 Å². The van der Waals surface area contributed by atoms with E-state index >= 15 is 0 Å². The number of nitrogens with zero attached hydrogens (tertiary/aromatic N) is 2. The Labute approximate surface area is 153 Å². The van der Waals surface area contributed by atoms with Crippen LogP contribution in [0.25, 0.3) is 0 Å². The van der Waals surface area contributed by atoms with Crippen molar-refractivity contribution in [2.75, 3.05) is 19.3 Å². The molecular formula is C19H20N2O2S2. The highest BCUT2D eigenvalue weighted by Crippen LogP contribution is 2.36. The number of sulfonamides is 1. The van der Waals surface area contributed by atoms with E-state index in [1.54, 1.807) is 22.1 Å². The second-order valence-corrected chi connectivity index (χ2v) is 9.66.